The Labute approximate surface area is 175 Å². The van der Waals surface area contributed by atoms with Crippen molar-refractivity contribution >= 4 is 17.5 Å². The monoisotopic (exact) mass is 414 g/mol. The molecule has 1 heterocycles. The van der Waals surface area contributed by atoms with Crippen molar-refractivity contribution in [3.8, 4) is 5.75 Å². The Morgan fingerprint density at radius 3 is 2.47 bits per heavy atom. The summed E-state index contributed by atoms with van der Waals surface area (Å²) in [5.74, 6) is -0.829. The summed E-state index contributed by atoms with van der Waals surface area (Å²) in [5.41, 5.74) is 1.47. The first kappa shape index (κ1) is 21.6. The number of piperazine rings is 1. The number of amides is 2. The number of hydrogen-bond acceptors (Lipinski definition) is 5. The quantitative estimate of drug-likeness (QED) is 0.670. The van der Waals surface area contributed by atoms with Gasteiger partial charge in [-0.2, -0.15) is 0 Å². The third-order valence-corrected chi connectivity index (χ3v) is 5.07. The highest BCUT2D eigenvalue weighted by atomic mass is 19.1. The second-order valence-corrected chi connectivity index (χ2v) is 7.07. The molecule has 160 valence electrons. The van der Waals surface area contributed by atoms with Crippen LogP contribution < -0.4 is 20.3 Å². The number of methoxy groups -OCH3 is 1. The lowest BCUT2D eigenvalue weighted by Gasteiger charge is -2.36. The average molecular weight is 414 g/mol. The summed E-state index contributed by atoms with van der Waals surface area (Å²) in [7, 11) is 1.57. The van der Waals surface area contributed by atoms with Crippen LogP contribution in [0, 0.1) is 5.82 Å². The molecule has 0 spiro atoms. The average Bonchev–Trinajstić information content (AvgIpc) is 2.78. The number of rotatable bonds is 7. The number of nitrogens with zero attached hydrogens (tertiary/aromatic N) is 2. The van der Waals surface area contributed by atoms with E-state index in [1.807, 2.05) is 29.2 Å². The molecule has 0 aromatic heterocycles. The van der Waals surface area contributed by atoms with E-state index < -0.39 is 11.8 Å². The summed E-state index contributed by atoms with van der Waals surface area (Å²) in [6, 6.07) is 14.1. The molecular formula is C22H27FN4O3. The Hall–Kier alpha value is -3.13. The molecule has 0 saturated carbocycles. The Bertz CT molecular complexity index is 869. The Kier molecular flexibility index (Phi) is 7.62. The molecule has 3 rings (SSSR count). The Morgan fingerprint density at radius 2 is 1.73 bits per heavy atom. The van der Waals surface area contributed by atoms with Crippen LogP contribution >= 0.6 is 0 Å². The van der Waals surface area contributed by atoms with Gasteiger partial charge in [-0.05, 0) is 29.8 Å². The van der Waals surface area contributed by atoms with Crippen molar-refractivity contribution in [3.63, 3.8) is 0 Å². The number of ether oxygens (including phenoxy) is 1. The number of halogens is 1. The third kappa shape index (κ3) is 5.93. The number of hydrogen-bond donors (Lipinski definition) is 2. The van der Waals surface area contributed by atoms with Crippen molar-refractivity contribution in [1.82, 2.24) is 15.5 Å². The second-order valence-electron chi connectivity index (χ2n) is 7.07. The van der Waals surface area contributed by atoms with Gasteiger partial charge in [0.25, 0.3) is 0 Å². The maximum atomic E-state index is 13.9. The van der Waals surface area contributed by atoms with Crippen LogP contribution in [0.4, 0.5) is 10.1 Å². The predicted molar refractivity (Wildman–Crippen MR) is 113 cm³/mol. The van der Waals surface area contributed by atoms with Gasteiger partial charge in [0.05, 0.1) is 12.8 Å². The zero-order valence-corrected chi connectivity index (χ0v) is 17.1. The minimum absolute atomic E-state index is 0.210. The van der Waals surface area contributed by atoms with Gasteiger partial charge in [0.1, 0.15) is 11.6 Å². The molecule has 2 aromatic rings. The lowest BCUT2D eigenvalue weighted by atomic mass is 10.2. The number of nitrogens with one attached hydrogen (secondary N) is 2. The van der Waals surface area contributed by atoms with Crippen molar-refractivity contribution in [2.24, 2.45) is 0 Å². The predicted octanol–water partition coefficient (Wildman–Crippen LogP) is 1.39. The van der Waals surface area contributed by atoms with Crippen molar-refractivity contribution in [3.05, 3.63) is 59.9 Å². The van der Waals surface area contributed by atoms with Crippen LogP contribution in [0.15, 0.2) is 48.5 Å². The van der Waals surface area contributed by atoms with E-state index in [4.69, 9.17) is 4.74 Å². The molecule has 0 atom stereocenters. The normalized spacial score (nSPS) is 14.3. The van der Waals surface area contributed by atoms with Crippen molar-refractivity contribution in [2.75, 3.05) is 51.3 Å². The van der Waals surface area contributed by atoms with Gasteiger partial charge < -0.3 is 20.3 Å². The van der Waals surface area contributed by atoms with E-state index in [0.717, 1.165) is 31.7 Å². The summed E-state index contributed by atoms with van der Waals surface area (Å²) in [4.78, 5) is 28.2. The topological polar surface area (TPSA) is 73.9 Å². The third-order valence-electron chi connectivity index (χ3n) is 5.07. The minimum atomic E-state index is -0.665. The van der Waals surface area contributed by atoms with Crippen LogP contribution in [0.2, 0.25) is 0 Å². The van der Waals surface area contributed by atoms with Crippen LogP contribution in [-0.4, -0.2) is 63.1 Å². The number of carbonyl (C=O) groups excluding carboxylic acids is 2. The highest BCUT2D eigenvalue weighted by Crippen LogP contribution is 2.19. The van der Waals surface area contributed by atoms with Gasteiger partial charge in [0.2, 0.25) is 0 Å². The Balaban J connectivity index is 1.34. The van der Waals surface area contributed by atoms with E-state index in [-0.39, 0.29) is 12.4 Å². The van der Waals surface area contributed by atoms with Crippen LogP contribution in [-0.2, 0) is 16.1 Å². The summed E-state index contributed by atoms with van der Waals surface area (Å²) in [6.45, 7) is 4.25. The zero-order chi connectivity index (χ0) is 21.3. The highest BCUT2D eigenvalue weighted by Gasteiger charge is 2.19. The first-order valence-corrected chi connectivity index (χ1v) is 9.97. The van der Waals surface area contributed by atoms with E-state index in [9.17, 15) is 14.0 Å². The Morgan fingerprint density at radius 1 is 1.00 bits per heavy atom. The minimum Gasteiger partial charge on any atom is -0.497 e. The summed E-state index contributed by atoms with van der Waals surface area (Å²) in [5, 5.41) is 5.26. The van der Waals surface area contributed by atoms with Gasteiger partial charge in [-0.15, -0.1) is 0 Å². The lowest BCUT2D eigenvalue weighted by Crippen LogP contribution is -2.49. The van der Waals surface area contributed by atoms with Gasteiger partial charge in [-0.3, -0.25) is 14.5 Å². The molecule has 1 fully saturated rings. The fourth-order valence-electron chi connectivity index (χ4n) is 3.37. The molecular weight excluding hydrogens is 387 g/mol. The number of para-hydroxylation sites is 1. The van der Waals surface area contributed by atoms with Crippen LogP contribution in [0.3, 0.4) is 0 Å². The zero-order valence-electron chi connectivity index (χ0n) is 17.1. The van der Waals surface area contributed by atoms with E-state index >= 15 is 0 Å². The number of benzene rings is 2. The molecule has 1 aliphatic heterocycles. The van der Waals surface area contributed by atoms with Crippen molar-refractivity contribution in [2.45, 2.75) is 6.54 Å². The molecule has 7 nitrogen and oxygen atoms in total. The molecule has 1 saturated heterocycles. The maximum absolute atomic E-state index is 13.9. The van der Waals surface area contributed by atoms with E-state index in [0.29, 0.717) is 24.5 Å². The maximum Gasteiger partial charge on any atom is 0.309 e. The van der Waals surface area contributed by atoms with Crippen LogP contribution in [0.25, 0.3) is 0 Å². The van der Waals surface area contributed by atoms with E-state index in [1.54, 1.807) is 25.3 Å². The van der Waals surface area contributed by atoms with Gasteiger partial charge in [0, 0.05) is 45.8 Å². The highest BCUT2D eigenvalue weighted by molar-refractivity contribution is 6.35. The lowest BCUT2D eigenvalue weighted by molar-refractivity contribution is -0.139. The molecule has 2 N–H and O–H groups in total. The number of carbonyl (C=O) groups is 2. The van der Waals surface area contributed by atoms with Gasteiger partial charge >= 0.3 is 11.8 Å². The first-order chi connectivity index (χ1) is 14.6. The summed E-state index contributed by atoms with van der Waals surface area (Å²) < 4.78 is 19.0. The van der Waals surface area contributed by atoms with Crippen molar-refractivity contribution in [1.29, 1.82) is 0 Å². The van der Waals surface area contributed by atoms with Gasteiger partial charge in [-0.1, -0.05) is 24.3 Å². The first-order valence-electron chi connectivity index (χ1n) is 9.97. The van der Waals surface area contributed by atoms with E-state index in [1.165, 1.54) is 6.07 Å². The van der Waals surface area contributed by atoms with Crippen LogP contribution in [0.1, 0.15) is 5.56 Å². The number of anilines is 1. The molecule has 30 heavy (non-hydrogen) atoms. The molecule has 0 radical (unpaired) electrons. The summed E-state index contributed by atoms with van der Waals surface area (Å²) >= 11 is 0. The molecule has 0 bridgehead atoms. The fraction of sp³-hybridized carbons (Fsp3) is 0.364. The smallest absolute Gasteiger partial charge is 0.309 e. The largest absolute Gasteiger partial charge is 0.497 e. The van der Waals surface area contributed by atoms with E-state index in [2.05, 4.69) is 15.5 Å². The van der Waals surface area contributed by atoms with Crippen molar-refractivity contribution < 1.29 is 18.7 Å². The molecule has 2 amide bonds. The molecule has 1 aliphatic rings. The fourth-order valence-corrected chi connectivity index (χ4v) is 3.37. The molecule has 8 heteroatoms. The van der Waals surface area contributed by atoms with Gasteiger partial charge in [0.15, 0.2) is 0 Å². The summed E-state index contributed by atoms with van der Waals surface area (Å²) in [6.07, 6.45) is 0. The van der Waals surface area contributed by atoms with Crippen LogP contribution in [0.5, 0.6) is 5.75 Å². The molecule has 0 unspecified atom stereocenters. The standard InChI is InChI=1S/C22H27FN4O3/c1-30-18-6-4-5-17(15-18)16-25-22(29)21(28)24-9-10-26-11-13-27(14-12-26)20-8-3-2-7-19(20)23/h2-8,15H,9-14,16H2,1H3,(H,24,28)(H,25,29). The molecule has 2 aromatic carbocycles. The van der Waals surface area contributed by atoms with Gasteiger partial charge in [-0.25, -0.2) is 4.39 Å². The second kappa shape index (κ2) is 10.6. The molecule has 0 aliphatic carbocycles. The SMILES string of the molecule is COc1cccc(CNC(=O)C(=O)NCCN2CCN(c3ccccc3F)CC2)c1.